The van der Waals surface area contributed by atoms with Gasteiger partial charge in [-0.25, -0.2) is 9.37 Å². The molecular formula is C20H21FN4. The van der Waals surface area contributed by atoms with Crippen LogP contribution >= 0.6 is 0 Å². The Morgan fingerprint density at radius 2 is 1.76 bits per heavy atom. The number of rotatable bonds is 7. The minimum absolute atomic E-state index is 0.231. The summed E-state index contributed by atoms with van der Waals surface area (Å²) in [5.41, 5.74) is 1.82. The molecule has 1 heterocycles. The highest BCUT2D eigenvalue weighted by molar-refractivity contribution is 5.43. The highest BCUT2D eigenvalue weighted by atomic mass is 19.1. The molecule has 3 aromatic rings. The molecule has 25 heavy (non-hydrogen) atoms. The lowest BCUT2D eigenvalue weighted by Crippen LogP contribution is -2.23. The van der Waals surface area contributed by atoms with E-state index in [9.17, 15) is 4.39 Å². The van der Waals surface area contributed by atoms with Crippen LogP contribution in [0, 0.1) is 5.82 Å². The SMILES string of the molecule is CCN(Cc1ccccc1)c1ccnc(NCc2ccccc2F)n1. The predicted octanol–water partition coefficient (Wildman–Crippen LogP) is 4.25. The van der Waals surface area contributed by atoms with Gasteiger partial charge in [0, 0.05) is 31.4 Å². The Bertz CT molecular complexity index is 808. The van der Waals surface area contributed by atoms with Crippen molar-refractivity contribution in [2.75, 3.05) is 16.8 Å². The van der Waals surface area contributed by atoms with Crippen LogP contribution in [0.1, 0.15) is 18.1 Å². The Morgan fingerprint density at radius 3 is 2.52 bits per heavy atom. The molecule has 4 nitrogen and oxygen atoms in total. The zero-order chi connectivity index (χ0) is 17.5. The van der Waals surface area contributed by atoms with Crippen molar-refractivity contribution in [3.05, 3.63) is 83.8 Å². The third kappa shape index (κ3) is 4.53. The van der Waals surface area contributed by atoms with Gasteiger partial charge in [-0.1, -0.05) is 48.5 Å². The molecule has 0 unspecified atom stereocenters. The topological polar surface area (TPSA) is 41.1 Å². The third-order valence-electron chi connectivity index (χ3n) is 3.96. The second kappa shape index (κ2) is 8.24. The second-order valence-corrected chi connectivity index (χ2v) is 5.68. The summed E-state index contributed by atoms with van der Waals surface area (Å²) >= 11 is 0. The van der Waals surface area contributed by atoms with Crippen LogP contribution in [0.3, 0.4) is 0 Å². The van der Waals surface area contributed by atoms with Gasteiger partial charge in [-0.15, -0.1) is 0 Å². The largest absolute Gasteiger partial charge is 0.352 e. The van der Waals surface area contributed by atoms with Gasteiger partial charge in [0.15, 0.2) is 0 Å². The van der Waals surface area contributed by atoms with Crippen LogP contribution in [0.4, 0.5) is 16.2 Å². The monoisotopic (exact) mass is 336 g/mol. The van der Waals surface area contributed by atoms with E-state index in [0.717, 1.165) is 18.9 Å². The van der Waals surface area contributed by atoms with E-state index < -0.39 is 0 Å². The molecule has 2 aromatic carbocycles. The van der Waals surface area contributed by atoms with Gasteiger partial charge in [0.2, 0.25) is 5.95 Å². The lowest BCUT2D eigenvalue weighted by Gasteiger charge is -2.22. The molecule has 0 aliphatic carbocycles. The van der Waals surface area contributed by atoms with E-state index in [1.807, 2.05) is 30.3 Å². The normalized spacial score (nSPS) is 10.5. The van der Waals surface area contributed by atoms with E-state index in [0.29, 0.717) is 18.1 Å². The lowest BCUT2D eigenvalue weighted by molar-refractivity contribution is 0.612. The summed E-state index contributed by atoms with van der Waals surface area (Å²) in [5, 5.41) is 3.10. The number of benzene rings is 2. The van der Waals surface area contributed by atoms with Crippen LogP contribution in [-0.4, -0.2) is 16.5 Å². The fourth-order valence-corrected chi connectivity index (χ4v) is 2.59. The number of nitrogens with zero attached hydrogens (tertiary/aromatic N) is 3. The molecule has 0 fully saturated rings. The van der Waals surface area contributed by atoms with Crippen molar-refractivity contribution in [1.29, 1.82) is 0 Å². The van der Waals surface area contributed by atoms with Crippen LogP contribution in [-0.2, 0) is 13.1 Å². The van der Waals surface area contributed by atoms with E-state index in [-0.39, 0.29) is 5.82 Å². The first kappa shape index (κ1) is 16.9. The fourth-order valence-electron chi connectivity index (χ4n) is 2.59. The Hall–Kier alpha value is -2.95. The maximum absolute atomic E-state index is 13.7. The molecule has 1 N–H and O–H groups in total. The average Bonchev–Trinajstić information content (AvgIpc) is 2.66. The Balaban J connectivity index is 1.70. The van der Waals surface area contributed by atoms with Crippen LogP contribution in [0.5, 0.6) is 0 Å². The zero-order valence-electron chi connectivity index (χ0n) is 14.2. The lowest BCUT2D eigenvalue weighted by atomic mass is 10.2. The maximum Gasteiger partial charge on any atom is 0.224 e. The van der Waals surface area contributed by atoms with E-state index >= 15 is 0 Å². The molecule has 0 atom stereocenters. The summed E-state index contributed by atoms with van der Waals surface area (Å²) < 4.78 is 13.7. The van der Waals surface area contributed by atoms with E-state index in [1.165, 1.54) is 11.6 Å². The number of nitrogens with one attached hydrogen (secondary N) is 1. The van der Waals surface area contributed by atoms with Crippen LogP contribution in [0.2, 0.25) is 0 Å². The van der Waals surface area contributed by atoms with Crippen molar-refractivity contribution in [3.63, 3.8) is 0 Å². The van der Waals surface area contributed by atoms with Crippen LogP contribution < -0.4 is 10.2 Å². The summed E-state index contributed by atoms with van der Waals surface area (Å²) in [5.74, 6) is 1.11. The summed E-state index contributed by atoms with van der Waals surface area (Å²) in [7, 11) is 0. The number of hydrogen-bond donors (Lipinski definition) is 1. The molecule has 5 heteroatoms. The molecule has 128 valence electrons. The molecule has 0 radical (unpaired) electrons. The van der Waals surface area contributed by atoms with Gasteiger partial charge in [0.05, 0.1) is 0 Å². The third-order valence-corrected chi connectivity index (χ3v) is 3.96. The standard InChI is InChI=1S/C20H21FN4/c1-2-25(15-16-8-4-3-5-9-16)19-12-13-22-20(24-19)23-14-17-10-6-7-11-18(17)21/h3-13H,2,14-15H2,1H3,(H,22,23,24). The van der Waals surface area contributed by atoms with Crippen molar-refractivity contribution in [3.8, 4) is 0 Å². The summed E-state index contributed by atoms with van der Waals surface area (Å²) in [6, 6.07) is 18.9. The van der Waals surface area contributed by atoms with Crippen molar-refractivity contribution >= 4 is 11.8 Å². The van der Waals surface area contributed by atoms with Crippen LogP contribution in [0.15, 0.2) is 66.9 Å². The van der Waals surface area contributed by atoms with Gasteiger partial charge < -0.3 is 10.2 Å². The van der Waals surface area contributed by atoms with Crippen molar-refractivity contribution in [1.82, 2.24) is 9.97 Å². The zero-order valence-corrected chi connectivity index (χ0v) is 14.2. The van der Waals surface area contributed by atoms with E-state index in [1.54, 1.807) is 18.3 Å². The Morgan fingerprint density at radius 1 is 1.00 bits per heavy atom. The minimum atomic E-state index is -0.231. The number of halogens is 1. The van der Waals surface area contributed by atoms with Gasteiger partial charge in [-0.3, -0.25) is 0 Å². The average molecular weight is 336 g/mol. The first-order chi connectivity index (χ1) is 12.3. The highest BCUT2D eigenvalue weighted by Gasteiger charge is 2.09. The predicted molar refractivity (Wildman–Crippen MR) is 98.9 cm³/mol. The number of anilines is 2. The smallest absolute Gasteiger partial charge is 0.224 e. The highest BCUT2D eigenvalue weighted by Crippen LogP contribution is 2.16. The molecule has 0 aliphatic heterocycles. The molecule has 0 amide bonds. The summed E-state index contributed by atoms with van der Waals surface area (Å²) in [4.78, 5) is 11.0. The van der Waals surface area contributed by atoms with Crippen LogP contribution in [0.25, 0.3) is 0 Å². The molecule has 0 spiro atoms. The van der Waals surface area contributed by atoms with Gasteiger partial charge in [0.25, 0.3) is 0 Å². The number of hydrogen-bond acceptors (Lipinski definition) is 4. The van der Waals surface area contributed by atoms with Gasteiger partial charge in [0.1, 0.15) is 11.6 Å². The molecular weight excluding hydrogens is 315 g/mol. The maximum atomic E-state index is 13.7. The van der Waals surface area contributed by atoms with E-state index in [4.69, 9.17) is 0 Å². The number of aromatic nitrogens is 2. The summed E-state index contributed by atoms with van der Waals surface area (Å²) in [6.07, 6.45) is 1.72. The first-order valence-corrected chi connectivity index (χ1v) is 8.35. The first-order valence-electron chi connectivity index (χ1n) is 8.35. The fraction of sp³-hybridized carbons (Fsp3) is 0.200. The van der Waals surface area contributed by atoms with Crippen molar-refractivity contribution in [2.24, 2.45) is 0 Å². The Kier molecular flexibility index (Phi) is 5.57. The van der Waals surface area contributed by atoms with Gasteiger partial charge in [-0.2, -0.15) is 4.98 Å². The van der Waals surface area contributed by atoms with Gasteiger partial charge in [-0.05, 0) is 24.6 Å². The molecule has 3 rings (SSSR count). The molecule has 0 bridgehead atoms. The minimum Gasteiger partial charge on any atom is -0.352 e. The van der Waals surface area contributed by atoms with Crippen molar-refractivity contribution in [2.45, 2.75) is 20.0 Å². The quantitative estimate of drug-likeness (QED) is 0.700. The molecule has 1 aromatic heterocycles. The van der Waals surface area contributed by atoms with Crippen molar-refractivity contribution < 1.29 is 4.39 Å². The Labute approximate surface area is 147 Å². The molecule has 0 saturated carbocycles. The molecule has 0 saturated heterocycles. The van der Waals surface area contributed by atoms with Gasteiger partial charge >= 0.3 is 0 Å². The molecule has 0 aliphatic rings. The summed E-state index contributed by atoms with van der Waals surface area (Å²) in [6.45, 7) is 4.05. The van der Waals surface area contributed by atoms with E-state index in [2.05, 4.69) is 39.2 Å². The second-order valence-electron chi connectivity index (χ2n) is 5.68.